The Morgan fingerprint density at radius 1 is 1.50 bits per heavy atom. The van der Waals surface area contributed by atoms with E-state index in [-0.39, 0.29) is 17.4 Å². The fourth-order valence-corrected chi connectivity index (χ4v) is 3.72. The average molecular weight is 294 g/mol. The molecule has 2 heterocycles. The molecule has 1 saturated heterocycles. The van der Waals surface area contributed by atoms with E-state index in [0.29, 0.717) is 6.04 Å². The number of likely N-dealkylation sites (tertiary alicyclic amines) is 1. The number of piperidine rings is 1. The summed E-state index contributed by atoms with van der Waals surface area (Å²) >= 11 is 1.78. The van der Waals surface area contributed by atoms with Crippen molar-refractivity contribution >= 4 is 17.2 Å². The predicted molar refractivity (Wildman–Crippen MR) is 85.2 cm³/mol. The molecule has 1 atom stereocenters. The summed E-state index contributed by atoms with van der Waals surface area (Å²) in [6.45, 7) is 10.4. The molecule has 0 radical (unpaired) electrons. The van der Waals surface area contributed by atoms with Crippen molar-refractivity contribution in [1.82, 2.24) is 10.2 Å². The standard InChI is InChI=1S/C16H26N2OS/c1-12(2)17-13-7-5-9-18(15(13)19)11-16(3,4)14-8-6-10-20-14/h6,8,10,12-13,17H,5,7,9,11H2,1-4H3. The molecule has 0 saturated carbocycles. The van der Waals surface area contributed by atoms with E-state index in [0.717, 1.165) is 25.9 Å². The minimum atomic E-state index is 0.00267. The second-order valence-electron chi connectivity index (χ2n) is 6.64. The molecule has 4 heteroatoms. The van der Waals surface area contributed by atoms with Gasteiger partial charge in [0.2, 0.25) is 5.91 Å². The van der Waals surface area contributed by atoms with Gasteiger partial charge in [-0.15, -0.1) is 11.3 Å². The first-order valence-electron chi connectivity index (χ1n) is 7.49. The molecule has 3 nitrogen and oxygen atoms in total. The SMILES string of the molecule is CC(C)NC1CCCN(CC(C)(C)c2cccs2)C1=O. The van der Waals surface area contributed by atoms with Gasteiger partial charge in [-0.25, -0.2) is 0 Å². The molecule has 1 unspecified atom stereocenters. The molecule has 1 aliphatic rings. The number of hydrogen-bond acceptors (Lipinski definition) is 3. The Morgan fingerprint density at radius 3 is 2.85 bits per heavy atom. The summed E-state index contributed by atoms with van der Waals surface area (Å²) in [6.07, 6.45) is 2.06. The highest BCUT2D eigenvalue weighted by Gasteiger charge is 2.33. The number of nitrogens with zero attached hydrogens (tertiary/aromatic N) is 1. The molecule has 1 amide bonds. The van der Waals surface area contributed by atoms with E-state index in [2.05, 4.69) is 50.5 Å². The molecule has 0 bridgehead atoms. The van der Waals surface area contributed by atoms with E-state index in [1.807, 2.05) is 4.90 Å². The highest BCUT2D eigenvalue weighted by Crippen LogP contribution is 2.29. The van der Waals surface area contributed by atoms with Crippen LogP contribution in [0.2, 0.25) is 0 Å². The number of carbonyl (C=O) groups is 1. The Bertz CT molecular complexity index is 439. The van der Waals surface area contributed by atoms with Gasteiger partial charge in [0, 0.05) is 29.4 Å². The van der Waals surface area contributed by atoms with Gasteiger partial charge in [-0.3, -0.25) is 4.79 Å². The Balaban J connectivity index is 2.03. The summed E-state index contributed by atoms with van der Waals surface area (Å²) in [6, 6.07) is 4.61. The van der Waals surface area contributed by atoms with Crippen molar-refractivity contribution < 1.29 is 4.79 Å². The van der Waals surface area contributed by atoms with Gasteiger partial charge in [0.15, 0.2) is 0 Å². The third kappa shape index (κ3) is 3.61. The van der Waals surface area contributed by atoms with Crippen LogP contribution >= 0.6 is 11.3 Å². The molecule has 1 N–H and O–H groups in total. The van der Waals surface area contributed by atoms with Crippen LogP contribution in [-0.4, -0.2) is 36.0 Å². The minimum Gasteiger partial charge on any atom is -0.340 e. The summed E-state index contributed by atoms with van der Waals surface area (Å²) in [5.41, 5.74) is 0.0313. The van der Waals surface area contributed by atoms with Crippen LogP contribution in [0.25, 0.3) is 0 Å². The second kappa shape index (κ2) is 6.27. The highest BCUT2D eigenvalue weighted by molar-refractivity contribution is 7.10. The lowest BCUT2D eigenvalue weighted by molar-refractivity contribution is -0.137. The van der Waals surface area contributed by atoms with Gasteiger partial charge in [0.05, 0.1) is 6.04 Å². The quantitative estimate of drug-likeness (QED) is 0.905. The van der Waals surface area contributed by atoms with Gasteiger partial charge in [-0.1, -0.05) is 33.8 Å². The zero-order valence-electron chi connectivity index (χ0n) is 13.0. The van der Waals surface area contributed by atoms with Gasteiger partial charge in [0.1, 0.15) is 0 Å². The van der Waals surface area contributed by atoms with Gasteiger partial charge in [-0.2, -0.15) is 0 Å². The molecule has 0 spiro atoms. The van der Waals surface area contributed by atoms with Crippen LogP contribution in [0.3, 0.4) is 0 Å². The van der Waals surface area contributed by atoms with E-state index in [9.17, 15) is 4.79 Å². The van der Waals surface area contributed by atoms with Crippen LogP contribution < -0.4 is 5.32 Å². The zero-order chi connectivity index (χ0) is 14.8. The predicted octanol–water partition coefficient (Wildman–Crippen LogP) is 3.01. The van der Waals surface area contributed by atoms with Crippen molar-refractivity contribution in [2.75, 3.05) is 13.1 Å². The lowest BCUT2D eigenvalue weighted by Crippen LogP contribution is -2.54. The van der Waals surface area contributed by atoms with E-state index in [1.54, 1.807) is 11.3 Å². The van der Waals surface area contributed by atoms with E-state index < -0.39 is 0 Å². The van der Waals surface area contributed by atoms with Crippen molar-refractivity contribution in [3.63, 3.8) is 0 Å². The maximum absolute atomic E-state index is 12.6. The number of rotatable bonds is 5. The van der Waals surface area contributed by atoms with E-state index in [4.69, 9.17) is 0 Å². The summed E-state index contributed by atoms with van der Waals surface area (Å²) in [5.74, 6) is 0.273. The van der Waals surface area contributed by atoms with Crippen LogP contribution in [0.15, 0.2) is 17.5 Å². The molecule has 1 fully saturated rings. The summed E-state index contributed by atoms with van der Waals surface area (Å²) < 4.78 is 0. The van der Waals surface area contributed by atoms with Crippen LogP contribution in [0, 0.1) is 0 Å². The maximum atomic E-state index is 12.6. The average Bonchev–Trinajstić information content (AvgIpc) is 2.88. The van der Waals surface area contributed by atoms with E-state index >= 15 is 0 Å². The lowest BCUT2D eigenvalue weighted by Gasteiger charge is -2.38. The fraction of sp³-hybridized carbons (Fsp3) is 0.688. The number of thiophene rings is 1. The van der Waals surface area contributed by atoms with Crippen LogP contribution in [0.4, 0.5) is 0 Å². The minimum absolute atomic E-state index is 0.00267. The molecular formula is C16H26N2OS. The summed E-state index contributed by atoms with van der Waals surface area (Å²) in [4.78, 5) is 16.0. The first kappa shape index (κ1) is 15.5. The molecule has 20 heavy (non-hydrogen) atoms. The fourth-order valence-electron chi connectivity index (χ4n) is 2.87. The van der Waals surface area contributed by atoms with Crippen molar-refractivity contribution in [3.05, 3.63) is 22.4 Å². The third-order valence-corrected chi connectivity index (χ3v) is 5.08. The smallest absolute Gasteiger partial charge is 0.239 e. The largest absolute Gasteiger partial charge is 0.340 e. The first-order chi connectivity index (χ1) is 9.40. The molecule has 2 rings (SSSR count). The lowest BCUT2D eigenvalue weighted by atomic mass is 9.89. The number of carbonyl (C=O) groups excluding carboxylic acids is 1. The number of nitrogens with one attached hydrogen (secondary N) is 1. The third-order valence-electron chi connectivity index (χ3n) is 3.84. The number of hydrogen-bond donors (Lipinski definition) is 1. The zero-order valence-corrected chi connectivity index (χ0v) is 13.8. The van der Waals surface area contributed by atoms with Crippen LogP contribution in [0.5, 0.6) is 0 Å². The van der Waals surface area contributed by atoms with Gasteiger partial charge >= 0.3 is 0 Å². The second-order valence-corrected chi connectivity index (χ2v) is 7.58. The van der Waals surface area contributed by atoms with Crippen molar-refractivity contribution in [2.45, 2.75) is 58.0 Å². The van der Waals surface area contributed by atoms with Crippen LogP contribution in [0.1, 0.15) is 45.4 Å². The van der Waals surface area contributed by atoms with Crippen molar-refractivity contribution in [1.29, 1.82) is 0 Å². The molecule has 112 valence electrons. The Kier molecular flexibility index (Phi) is 4.86. The van der Waals surface area contributed by atoms with Crippen molar-refractivity contribution in [2.24, 2.45) is 0 Å². The summed E-state index contributed by atoms with van der Waals surface area (Å²) in [5, 5.41) is 5.50. The normalized spacial score (nSPS) is 20.8. The number of amides is 1. The van der Waals surface area contributed by atoms with Gasteiger partial charge < -0.3 is 10.2 Å². The highest BCUT2D eigenvalue weighted by atomic mass is 32.1. The Morgan fingerprint density at radius 2 is 2.25 bits per heavy atom. The van der Waals surface area contributed by atoms with Crippen LogP contribution in [-0.2, 0) is 10.2 Å². The molecule has 0 aromatic carbocycles. The summed E-state index contributed by atoms with van der Waals surface area (Å²) in [7, 11) is 0. The molecular weight excluding hydrogens is 268 g/mol. The Labute approximate surface area is 126 Å². The maximum Gasteiger partial charge on any atom is 0.239 e. The van der Waals surface area contributed by atoms with Gasteiger partial charge in [0.25, 0.3) is 0 Å². The monoisotopic (exact) mass is 294 g/mol. The van der Waals surface area contributed by atoms with Crippen molar-refractivity contribution in [3.8, 4) is 0 Å². The molecule has 1 aromatic heterocycles. The Hall–Kier alpha value is -0.870. The molecule has 1 aromatic rings. The topological polar surface area (TPSA) is 32.3 Å². The first-order valence-corrected chi connectivity index (χ1v) is 8.37. The van der Waals surface area contributed by atoms with E-state index in [1.165, 1.54) is 4.88 Å². The molecule has 1 aliphatic heterocycles. The van der Waals surface area contributed by atoms with Gasteiger partial charge in [-0.05, 0) is 24.3 Å². The molecule has 0 aliphatic carbocycles.